The lowest BCUT2D eigenvalue weighted by molar-refractivity contribution is -0.133. The molecule has 0 amide bonds. The minimum absolute atomic E-state index is 0.101. The molecule has 3 saturated heterocycles. The summed E-state index contributed by atoms with van der Waals surface area (Å²) in [6.07, 6.45) is 8.63. The summed E-state index contributed by atoms with van der Waals surface area (Å²) in [5.74, 6) is 0.494. The van der Waals surface area contributed by atoms with Crippen LogP contribution in [0.15, 0.2) is 0 Å². The molecule has 0 aromatic heterocycles. The molecule has 3 aliphatic rings. The van der Waals surface area contributed by atoms with E-state index in [9.17, 15) is 4.79 Å². The van der Waals surface area contributed by atoms with Crippen LogP contribution in [0, 0.1) is 0 Å². The first-order valence-corrected chi connectivity index (χ1v) is 8.10. The molecule has 0 saturated carbocycles. The molecule has 0 radical (unpaired) electrons. The third-order valence-corrected chi connectivity index (χ3v) is 5.78. The van der Waals surface area contributed by atoms with Crippen molar-refractivity contribution in [2.75, 3.05) is 6.61 Å². The van der Waals surface area contributed by atoms with Crippen LogP contribution in [-0.4, -0.2) is 41.0 Å². The zero-order chi connectivity index (χ0) is 13.5. The van der Waals surface area contributed by atoms with E-state index in [4.69, 9.17) is 4.74 Å². The molecule has 3 unspecified atom stereocenters. The molecule has 3 heteroatoms. The second kappa shape index (κ2) is 5.17. The van der Waals surface area contributed by atoms with Gasteiger partial charge < -0.3 is 4.74 Å². The summed E-state index contributed by atoms with van der Waals surface area (Å²) < 4.78 is 6.10. The maximum Gasteiger partial charge on any atom is 0.136 e. The van der Waals surface area contributed by atoms with Gasteiger partial charge in [0.15, 0.2) is 0 Å². The molecule has 108 valence electrons. The smallest absolute Gasteiger partial charge is 0.136 e. The Morgan fingerprint density at radius 2 is 1.74 bits per heavy atom. The van der Waals surface area contributed by atoms with E-state index in [1.54, 1.807) is 0 Å². The maximum absolute atomic E-state index is 11.7. The fraction of sp³-hybridized carbons (Fsp3) is 0.938. The summed E-state index contributed by atoms with van der Waals surface area (Å²) in [6.45, 7) is 5.40. The van der Waals surface area contributed by atoms with Gasteiger partial charge in [-0.2, -0.15) is 0 Å². The van der Waals surface area contributed by atoms with Gasteiger partial charge in [-0.1, -0.05) is 13.8 Å². The highest BCUT2D eigenvalue weighted by Gasteiger charge is 2.46. The largest absolute Gasteiger partial charge is 0.375 e. The Labute approximate surface area is 116 Å². The third kappa shape index (κ3) is 2.36. The van der Waals surface area contributed by atoms with E-state index in [-0.39, 0.29) is 5.60 Å². The van der Waals surface area contributed by atoms with Crippen LogP contribution in [0.3, 0.4) is 0 Å². The summed E-state index contributed by atoms with van der Waals surface area (Å²) >= 11 is 0. The molecule has 3 aliphatic heterocycles. The van der Waals surface area contributed by atoms with Gasteiger partial charge in [0.1, 0.15) is 5.78 Å². The Kier molecular flexibility index (Phi) is 3.69. The molecule has 0 aromatic rings. The van der Waals surface area contributed by atoms with Gasteiger partial charge in [0.05, 0.1) is 5.60 Å². The van der Waals surface area contributed by atoms with Crippen LogP contribution in [-0.2, 0) is 9.53 Å². The van der Waals surface area contributed by atoms with Crippen molar-refractivity contribution in [2.45, 2.75) is 88.9 Å². The third-order valence-electron chi connectivity index (χ3n) is 5.78. The SMILES string of the molecule is CCC1(CC)CC(N2C3CCC2CC(=O)C3)CCO1. The highest BCUT2D eigenvalue weighted by Crippen LogP contribution is 2.41. The predicted molar refractivity (Wildman–Crippen MR) is 75.2 cm³/mol. The number of hydrogen-bond donors (Lipinski definition) is 0. The van der Waals surface area contributed by atoms with Gasteiger partial charge in [0.2, 0.25) is 0 Å². The van der Waals surface area contributed by atoms with E-state index >= 15 is 0 Å². The number of carbonyl (C=O) groups excluding carboxylic acids is 1. The summed E-state index contributed by atoms with van der Waals surface area (Å²) in [4.78, 5) is 14.5. The summed E-state index contributed by atoms with van der Waals surface area (Å²) in [5.41, 5.74) is 0.101. The molecule has 0 N–H and O–H groups in total. The lowest BCUT2D eigenvalue weighted by Crippen LogP contribution is -2.54. The predicted octanol–water partition coefficient (Wildman–Crippen LogP) is 2.92. The van der Waals surface area contributed by atoms with Crippen molar-refractivity contribution >= 4 is 5.78 Å². The monoisotopic (exact) mass is 265 g/mol. The van der Waals surface area contributed by atoms with Crippen molar-refractivity contribution in [1.29, 1.82) is 0 Å². The number of ketones is 1. The van der Waals surface area contributed by atoms with Crippen LogP contribution in [0.25, 0.3) is 0 Å². The Balaban J connectivity index is 1.74. The fourth-order valence-corrected chi connectivity index (χ4v) is 4.60. The van der Waals surface area contributed by atoms with E-state index in [0.717, 1.165) is 38.7 Å². The fourth-order valence-electron chi connectivity index (χ4n) is 4.60. The first-order valence-electron chi connectivity index (χ1n) is 8.10. The summed E-state index contributed by atoms with van der Waals surface area (Å²) in [7, 11) is 0. The number of piperidine rings is 1. The van der Waals surface area contributed by atoms with Gasteiger partial charge >= 0.3 is 0 Å². The van der Waals surface area contributed by atoms with E-state index < -0.39 is 0 Å². The van der Waals surface area contributed by atoms with E-state index in [2.05, 4.69) is 18.7 Å². The molecule has 0 aromatic carbocycles. The van der Waals surface area contributed by atoms with Crippen molar-refractivity contribution in [3.05, 3.63) is 0 Å². The number of carbonyl (C=O) groups is 1. The van der Waals surface area contributed by atoms with Gasteiger partial charge in [-0.15, -0.1) is 0 Å². The number of rotatable bonds is 3. The van der Waals surface area contributed by atoms with Crippen molar-refractivity contribution in [2.24, 2.45) is 0 Å². The molecule has 0 aliphatic carbocycles. The number of fused-ring (bicyclic) bond motifs is 2. The molecule has 0 spiro atoms. The molecule has 3 rings (SSSR count). The molecule has 2 bridgehead atoms. The standard InChI is InChI=1S/C16H27NO2/c1-3-16(4-2)11-14(7-8-19-16)17-12-5-6-13(17)10-15(18)9-12/h12-14H,3-11H2,1-2H3. The number of ether oxygens (including phenoxy) is 1. The second-order valence-electron chi connectivity index (χ2n) is 6.66. The van der Waals surface area contributed by atoms with Crippen LogP contribution < -0.4 is 0 Å². The Hall–Kier alpha value is -0.410. The van der Waals surface area contributed by atoms with Gasteiger partial charge in [-0.05, 0) is 38.5 Å². The molecule has 19 heavy (non-hydrogen) atoms. The molecule has 3 nitrogen and oxygen atoms in total. The lowest BCUT2D eigenvalue weighted by Gasteiger charge is -2.47. The topological polar surface area (TPSA) is 29.5 Å². The molecule has 3 atom stereocenters. The highest BCUT2D eigenvalue weighted by atomic mass is 16.5. The maximum atomic E-state index is 11.7. The van der Waals surface area contributed by atoms with Crippen LogP contribution in [0.4, 0.5) is 0 Å². The van der Waals surface area contributed by atoms with Crippen molar-refractivity contribution in [1.82, 2.24) is 4.90 Å². The summed E-state index contributed by atoms with van der Waals surface area (Å²) in [6, 6.07) is 1.74. The van der Waals surface area contributed by atoms with Gasteiger partial charge in [-0.25, -0.2) is 0 Å². The zero-order valence-corrected chi connectivity index (χ0v) is 12.4. The lowest BCUT2D eigenvalue weighted by atomic mass is 9.83. The van der Waals surface area contributed by atoms with Crippen LogP contribution >= 0.6 is 0 Å². The van der Waals surface area contributed by atoms with E-state index in [1.165, 1.54) is 19.3 Å². The Morgan fingerprint density at radius 3 is 2.32 bits per heavy atom. The molecular formula is C16H27NO2. The van der Waals surface area contributed by atoms with E-state index in [0.29, 0.717) is 23.9 Å². The first kappa shape index (κ1) is 13.6. The Bertz CT molecular complexity index is 335. The quantitative estimate of drug-likeness (QED) is 0.786. The van der Waals surface area contributed by atoms with Gasteiger partial charge in [-0.3, -0.25) is 9.69 Å². The summed E-state index contributed by atoms with van der Waals surface area (Å²) in [5, 5.41) is 0. The minimum Gasteiger partial charge on any atom is -0.375 e. The highest BCUT2D eigenvalue weighted by molar-refractivity contribution is 5.81. The zero-order valence-electron chi connectivity index (χ0n) is 12.4. The first-order chi connectivity index (χ1) is 9.17. The normalized spacial score (nSPS) is 38.6. The number of Topliss-reactive ketones (excluding diaryl/α,β-unsaturated/α-hetero) is 1. The Morgan fingerprint density at radius 1 is 1.11 bits per heavy atom. The molecular weight excluding hydrogens is 238 g/mol. The molecule has 3 fully saturated rings. The average Bonchev–Trinajstić information content (AvgIpc) is 2.71. The average molecular weight is 265 g/mol. The second-order valence-corrected chi connectivity index (χ2v) is 6.66. The minimum atomic E-state index is 0.101. The number of nitrogens with zero attached hydrogens (tertiary/aromatic N) is 1. The molecule has 3 heterocycles. The van der Waals surface area contributed by atoms with Gasteiger partial charge in [0.25, 0.3) is 0 Å². The van der Waals surface area contributed by atoms with Gasteiger partial charge in [0, 0.05) is 37.6 Å². The van der Waals surface area contributed by atoms with E-state index in [1.807, 2.05) is 0 Å². The van der Waals surface area contributed by atoms with Crippen LogP contribution in [0.1, 0.15) is 65.2 Å². The number of hydrogen-bond acceptors (Lipinski definition) is 3. The van der Waals surface area contributed by atoms with Crippen molar-refractivity contribution in [3.8, 4) is 0 Å². The van der Waals surface area contributed by atoms with Crippen molar-refractivity contribution in [3.63, 3.8) is 0 Å². The van der Waals surface area contributed by atoms with Crippen LogP contribution in [0.5, 0.6) is 0 Å². The van der Waals surface area contributed by atoms with Crippen LogP contribution in [0.2, 0.25) is 0 Å². The van der Waals surface area contributed by atoms with Crippen molar-refractivity contribution < 1.29 is 9.53 Å².